The average Bonchev–Trinajstić information content (AvgIpc) is 2.04. The summed E-state index contributed by atoms with van der Waals surface area (Å²) in [5.74, 6) is 0.0305. The van der Waals surface area contributed by atoms with Crippen LogP contribution in [0, 0.1) is 0 Å². The van der Waals surface area contributed by atoms with Crippen molar-refractivity contribution in [2.75, 3.05) is 0 Å². The van der Waals surface area contributed by atoms with Gasteiger partial charge in [-0.05, 0) is 0 Å². The minimum absolute atomic E-state index is 0.0305. The predicted molar refractivity (Wildman–Crippen MR) is 48.8 cm³/mol. The van der Waals surface area contributed by atoms with Crippen LogP contribution in [0.15, 0.2) is 6.20 Å². The van der Waals surface area contributed by atoms with E-state index in [0.717, 1.165) is 0 Å². The summed E-state index contributed by atoms with van der Waals surface area (Å²) in [4.78, 5) is 3.55. The van der Waals surface area contributed by atoms with Gasteiger partial charge in [0.25, 0.3) is 6.43 Å². The molecule has 1 nitrogen and oxygen atoms in total. The molecule has 0 aromatic carbocycles. The van der Waals surface area contributed by atoms with Crippen LogP contribution in [-0.2, 0) is 5.88 Å². The normalized spacial score (nSPS) is 10.9. The van der Waals surface area contributed by atoms with E-state index in [4.69, 9.17) is 34.8 Å². The lowest BCUT2D eigenvalue weighted by Crippen LogP contribution is -1.95. The standard InChI is InChI=1S/C7H4Cl3F2N/c8-1-3-2-13-6(10)4(5(3)9)7(11)12/h2,7H,1H2. The molecule has 0 fully saturated rings. The average molecular weight is 246 g/mol. The van der Waals surface area contributed by atoms with Crippen molar-refractivity contribution >= 4 is 34.8 Å². The Bertz CT molecular complexity index is 317. The number of halogens is 5. The number of alkyl halides is 3. The molecule has 0 amide bonds. The number of hydrogen-bond acceptors (Lipinski definition) is 1. The predicted octanol–water partition coefficient (Wildman–Crippen LogP) is 4.06. The first-order chi connectivity index (χ1) is 6.07. The summed E-state index contributed by atoms with van der Waals surface area (Å²) in [7, 11) is 0. The Morgan fingerprint density at radius 1 is 1.38 bits per heavy atom. The van der Waals surface area contributed by atoms with Gasteiger partial charge in [-0.2, -0.15) is 0 Å². The highest BCUT2D eigenvalue weighted by molar-refractivity contribution is 6.36. The van der Waals surface area contributed by atoms with Gasteiger partial charge in [0.15, 0.2) is 0 Å². The first-order valence-corrected chi connectivity index (χ1v) is 4.53. The largest absolute Gasteiger partial charge is 0.268 e. The molecule has 0 aliphatic rings. The van der Waals surface area contributed by atoms with E-state index in [0.29, 0.717) is 5.56 Å². The molecular weight excluding hydrogens is 242 g/mol. The van der Waals surface area contributed by atoms with Crippen LogP contribution in [-0.4, -0.2) is 4.98 Å². The molecule has 13 heavy (non-hydrogen) atoms. The molecule has 0 atom stereocenters. The lowest BCUT2D eigenvalue weighted by atomic mass is 10.2. The van der Waals surface area contributed by atoms with Crippen molar-refractivity contribution in [1.29, 1.82) is 0 Å². The van der Waals surface area contributed by atoms with Gasteiger partial charge in [-0.25, -0.2) is 13.8 Å². The highest BCUT2D eigenvalue weighted by Crippen LogP contribution is 2.34. The second-order valence-corrected chi connectivity index (χ2v) is 3.24. The molecule has 0 unspecified atom stereocenters. The van der Waals surface area contributed by atoms with Crippen molar-refractivity contribution in [3.8, 4) is 0 Å². The topological polar surface area (TPSA) is 12.9 Å². The van der Waals surface area contributed by atoms with E-state index in [-0.39, 0.29) is 16.1 Å². The van der Waals surface area contributed by atoms with Gasteiger partial charge in [0.05, 0.1) is 16.5 Å². The Kier molecular flexibility index (Phi) is 3.71. The molecule has 1 aromatic rings. The van der Waals surface area contributed by atoms with E-state index in [1.807, 2.05) is 0 Å². The van der Waals surface area contributed by atoms with E-state index >= 15 is 0 Å². The van der Waals surface area contributed by atoms with E-state index < -0.39 is 12.0 Å². The number of pyridine rings is 1. The molecule has 1 heterocycles. The quantitative estimate of drug-likeness (QED) is 0.566. The van der Waals surface area contributed by atoms with Crippen molar-refractivity contribution in [3.63, 3.8) is 0 Å². The van der Waals surface area contributed by atoms with Crippen LogP contribution in [0.1, 0.15) is 17.6 Å². The molecular formula is C7H4Cl3F2N. The summed E-state index contributed by atoms with van der Waals surface area (Å²) in [6, 6.07) is 0. The first-order valence-electron chi connectivity index (χ1n) is 3.24. The highest BCUT2D eigenvalue weighted by atomic mass is 35.5. The maximum absolute atomic E-state index is 12.4. The monoisotopic (exact) mass is 245 g/mol. The second kappa shape index (κ2) is 4.40. The van der Waals surface area contributed by atoms with Crippen LogP contribution in [0.4, 0.5) is 8.78 Å². The molecule has 0 aliphatic heterocycles. The van der Waals surface area contributed by atoms with Crippen molar-refractivity contribution in [3.05, 3.63) is 27.5 Å². The molecule has 1 aromatic heterocycles. The number of nitrogens with zero attached hydrogens (tertiary/aromatic N) is 1. The Labute approximate surface area is 88.6 Å². The van der Waals surface area contributed by atoms with Crippen LogP contribution in [0.2, 0.25) is 10.2 Å². The summed E-state index contributed by atoms with van der Waals surface area (Å²) in [6.45, 7) is 0. The van der Waals surface area contributed by atoms with Crippen molar-refractivity contribution in [2.24, 2.45) is 0 Å². The summed E-state index contributed by atoms with van der Waals surface area (Å²) < 4.78 is 24.7. The Hall–Kier alpha value is -0.120. The minimum Gasteiger partial charge on any atom is -0.244 e. The molecule has 72 valence electrons. The highest BCUT2D eigenvalue weighted by Gasteiger charge is 2.19. The molecule has 0 aliphatic carbocycles. The zero-order chi connectivity index (χ0) is 10.0. The summed E-state index contributed by atoms with van der Waals surface area (Å²) >= 11 is 16.5. The summed E-state index contributed by atoms with van der Waals surface area (Å²) in [5, 5.41) is -0.390. The molecule has 0 radical (unpaired) electrons. The van der Waals surface area contributed by atoms with Crippen LogP contribution in [0.25, 0.3) is 0 Å². The number of rotatable bonds is 2. The molecule has 6 heteroatoms. The minimum atomic E-state index is -2.74. The Morgan fingerprint density at radius 3 is 2.46 bits per heavy atom. The van der Waals surface area contributed by atoms with Gasteiger partial charge < -0.3 is 0 Å². The molecule has 0 spiro atoms. The van der Waals surface area contributed by atoms with Crippen molar-refractivity contribution in [2.45, 2.75) is 12.3 Å². The number of hydrogen-bond donors (Lipinski definition) is 0. The van der Waals surface area contributed by atoms with Crippen molar-refractivity contribution in [1.82, 2.24) is 4.98 Å². The second-order valence-electron chi connectivity index (χ2n) is 2.24. The molecule has 0 saturated heterocycles. The van der Waals surface area contributed by atoms with Crippen molar-refractivity contribution < 1.29 is 8.78 Å². The maximum atomic E-state index is 12.4. The van der Waals surface area contributed by atoms with Gasteiger partial charge in [0, 0.05) is 11.8 Å². The van der Waals surface area contributed by atoms with Gasteiger partial charge >= 0.3 is 0 Å². The molecule has 0 N–H and O–H groups in total. The van der Waals surface area contributed by atoms with Gasteiger partial charge in [-0.15, -0.1) is 11.6 Å². The SMILES string of the molecule is FC(F)c1c(Cl)ncc(CCl)c1Cl. The Morgan fingerprint density at radius 2 is 2.00 bits per heavy atom. The Balaban J connectivity index is 3.30. The zero-order valence-electron chi connectivity index (χ0n) is 6.20. The smallest absolute Gasteiger partial charge is 0.244 e. The van der Waals surface area contributed by atoms with Gasteiger partial charge in [-0.1, -0.05) is 23.2 Å². The van der Waals surface area contributed by atoms with E-state index in [1.54, 1.807) is 0 Å². The first kappa shape index (κ1) is 11.0. The van der Waals surface area contributed by atoms with Crippen LogP contribution in [0.5, 0.6) is 0 Å². The third kappa shape index (κ3) is 2.22. The van der Waals surface area contributed by atoms with Crippen LogP contribution >= 0.6 is 34.8 Å². The van der Waals surface area contributed by atoms with E-state index in [1.165, 1.54) is 6.20 Å². The third-order valence-electron chi connectivity index (χ3n) is 1.44. The fourth-order valence-electron chi connectivity index (χ4n) is 0.803. The van der Waals surface area contributed by atoms with E-state index in [9.17, 15) is 8.78 Å². The number of aromatic nitrogens is 1. The molecule has 0 bridgehead atoms. The fourth-order valence-corrected chi connectivity index (χ4v) is 1.64. The lowest BCUT2D eigenvalue weighted by molar-refractivity contribution is 0.151. The molecule has 1 rings (SSSR count). The summed E-state index contributed by atoms with van der Waals surface area (Å²) in [6.07, 6.45) is -1.46. The van der Waals surface area contributed by atoms with E-state index in [2.05, 4.69) is 4.98 Å². The maximum Gasteiger partial charge on any atom is 0.268 e. The van der Waals surface area contributed by atoms with Gasteiger partial charge in [-0.3, -0.25) is 0 Å². The van der Waals surface area contributed by atoms with Crippen LogP contribution in [0.3, 0.4) is 0 Å². The lowest BCUT2D eigenvalue weighted by Gasteiger charge is -2.07. The summed E-state index contributed by atoms with van der Waals surface area (Å²) in [5.41, 5.74) is -0.107. The van der Waals surface area contributed by atoms with Crippen LogP contribution < -0.4 is 0 Å². The molecule has 0 saturated carbocycles. The fraction of sp³-hybridized carbons (Fsp3) is 0.286. The van der Waals surface area contributed by atoms with Gasteiger partial charge in [0.2, 0.25) is 0 Å². The van der Waals surface area contributed by atoms with Gasteiger partial charge in [0.1, 0.15) is 5.15 Å². The third-order valence-corrected chi connectivity index (χ3v) is 2.47. The zero-order valence-corrected chi connectivity index (χ0v) is 8.47.